The minimum Gasteiger partial charge on any atom is -0.384 e. The van der Waals surface area contributed by atoms with Crippen molar-refractivity contribution in [1.29, 1.82) is 0 Å². The monoisotopic (exact) mass is 306 g/mol. The molecule has 118 valence electrons. The number of carbonyl (C=O) groups excluding carboxylic acids is 1. The van der Waals surface area contributed by atoms with E-state index in [1.165, 1.54) is 0 Å². The maximum Gasteiger partial charge on any atom is 0.224 e. The van der Waals surface area contributed by atoms with Crippen LogP contribution in [0.15, 0.2) is 0 Å². The lowest BCUT2D eigenvalue weighted by Gasteiger charge is -2.38. The Morgan fingerprint density at radius 3 is 2.60 bits per heavy atom. The van der Waals surface area contributed by atoms with E-state index in [1.807, 2.05) is 4.90 Å². The number of nitrogens with one attached hydrogen (secondary N) is 1. The molecule has 5 nitrogen and oxygen atoms in total. The van der Waals surface area contributed by atoms with Crippen molar-refractivity contribution in [3.8, 4) is 0 Å². The predicted molar refractivity (Wildman–Crippen MR) is 80.2 cm³/mol. The first kappa shape index (κ1) is 17.7. The van der Waals surface area contributed by atoms with Crippen molar-refractivity contribution < 1.29 is 14.3 Å². The van der Waals surface area contributed by atoms with Gasteiger partial charge in [-0.25, -0.2) is 0 Å². The molecule has 2 aliphatic rings. The lowest BCUT2D eigenvalue weighted by molar-refractivity contribution is -0.131. The molecule has 2 saturated heterocycles. The van der Waals surface area contributed by atoms with Crippen LogP contribution in [0.25, 0.3) is 0 Å². The zero-order valence-electron chi connectivity index (χ0n) is 12.5. The fraction of sp³-hybridized carbons (Fsp3) is 0.929. The molecule has 2 fully saturated rings. The summed E-state index contributed by atoms with van der Waals surface area (Å²) in [5.74, 6) is 0.699. The van der Waals surface area contributed by atoms with Gasteiger partial charge < -0.3 is 19.7 Å². The van der Waals surface area contributed by atoms with Crippen LogP contribution < -0.4 is 5.32 Å². The summed E-state index contributed by atoms with van der Waals surface area (Å²) in [5, 5.41) is 3.41. The first-order chi connectivity index (χ1) is 9.22. The van der Waals surface area contributed by atoms with Crippen LogP contribution in [0.1, 0.15) is 19.3 Å². The van der Waals surface area contributed by atoms with E-state index in [1.54, 1.807) is 14.2 Å². The SMILES string of the molecule is COCCC(=O)N1CC(COC)C2(CCNCC2)C1.Cl. The largest absolute Gasteiger partial charge is 0.384 e. The van der Waals surface area contributed by atoms with E-state index in [0.717, 1.165) is 45.6 Å². The summed E-state index contributed by atoms with van der Waals surface area (Å²) < 4.78 is 10.4. The Balaban J connectivity index is 0.00000200. The Labute approximate surface area is 127 Å². The molecule has 0 aromatic carbocycles. The number of hydrogen-bond acceptors (Lipinski definition) is 4. The molecule has 0 bridgehead atoms. The van der Waals surface area contributed by atoms with Crippen molar-refractivity contribution in [3.63, 3.8) is 0 Å². The smallest absolute Gasteiger partial charge is 0.224 e. The summed E-state index contributed by atoms with van der Waals surface area (Å²) >= 11 is 0. The molecule has 1 atom stereocenters. The second kappa shape index (κ2) is 8.17. The van der Waals surface area contributed by atoms with E-state index in [4.69, 9.17) is 9.47 Å². The van der Waals surface area contributed by atoms with Gasteiger partial charge in [0, 0.05) is 33.2 Å². The van der Waals surface area contributed by atoms with Crippen LogP contribution in [0.4, 0.5) is 0 Å². The van der Waals surface area contributed by atoms with Gasteiger partial charge in [0.25, 0.3) is 0 Å². The van der Waals surface area contributed by atoms with Gasteiger partial charge in [0.2, 0.25) is 5.91 Å². The number of nitrogens with zero attached hydrogens (tertiary/aromatic N) is 1. The maximum absolute atomic E-state index is 12.2. The van der Waals surface area contributed by atoms with Crippen LogP contribution in [0.2, 0.25) is 0 Å². The third-order valence-electron chi connectivity index (χ3n) is 4.65. The second-order valence-electron chi connectivity index (χ2n) is 5.78. The fourth-order valence-electron chi connectivity index (χ4n) is 3.49. The molecule has 2 aliphatic heterocycles. The van der Waals surface area contributed by atoms with E-state index in [-0.39, 0.29) is 23.7 Å². The van der Waals surface area contributed by atoms with Crippen molar-refractivity contribution in [1.82, 2.24) is 10.2 Å². The van der Waals surface area contributed by atoms with E-state index >= 15 is 0 Å². The fourth-order valence-corrected chi connectivity index (χ4v) is 3.49. The van der Waals surface area contributed by atoms with E-state index in [9.17, 15) is 4.79 Å². The van der Waals surface area contributed by atoms with E-state index in [2.05, 4.69) is 5.32 Å². The molecular formula is C14H27ClN2O3. The summed E-state index contributed by atoms with van der Waals surface area (Å²) in [5.41, 5.74) is 0.268. The molecule has 2 heterocycles. The van der Waals surface area contributed by atoms with Crippen molar-refractivity contribution in [2.75, 3.05) is 53.6 Å². The van der Waals surface area contributed by atoms with Gasteiger partial charge in [-0.2, -0.15) is 0 Å². The number of halogens is 1. The molecule has 1 amide bonds. The number of amides is 1. The van der Waals surface area contributed by atoms with Crippen LogP contribution >= 0.6 is 12.4 Å². The molecule has 0 aromatic heterocycles. The van der Waals surface area contributed by atoms with Crippen molar-refractivity contribution in [2.45, 2.75) is 19.3 Å². The molecule has 0 aromatic rings. The number of rotatable bonds is 5. The van der Waals surface area contributed by atoms with Gasteiger partial charge in [-0.15, -0.1) is 12.4 Å². The zero-order valence-corrected chi connectivity index (χ0v) is 13.3. The summed E-state index contributed by atoms with van der Waals surface area (Å²) in [6.07, 6.45) is 2.79. The molecule has 20 heavy (non-hydrogen) atoms. The Hall–Kier alpha value is -0.360. The number of ether oxygens (including phenoxy) is 2. The quantitative estimate of drug-likeness (QED) is 0.820. The first-order valence-electron chi connectivity index (χ1n) is 7.18. The number of methoxy groups -OCH3 is 2. The Morgan fingerprint density at radius 1 is 1.30 bits per heavy atom. The number of hydrogen-bond donors (Lipinski definition) is 1. The summed E-state index contributed by atoms with van der Waals surface area (Å²) in [6.45, 7) is 5.12. The van der Waals surface area contributed by atoms with E-state index in [0.29, 0.717) is 18.9 Å². The van der Waals surface area contributed by atoms with Gasteiger partial charge in [0.15, 0.2) is 0 Å². The summed E-state index contributed by atoms with van der Waals surface area (Å²) in [7, 11) is 3.39. The molecule has 0 radical (unpaired) electrons. The third kappa shape index (κ3) is 3.85. The summed E-state index contributed by atoms with van der Waals surface area (Å²) in [4.78, 5) is 14.2. The average molecular weight is 307 g/mol. The lowest BCUT2D eigenvalue weighted by Crippen LogP contribution is -2.43. The van der Waals surface area contributed by atoms with E-state index < -0.39 is 0 Å². The molecule has 1 N–H and O–H groups in total. The Morgan fingerprint density at radius 2 is 2.00 bits per heavy atom. The lowest BCUT2D eigenvalue weighted by atomic mass is 9.71. The average Bonchev–Trinajstić information content (AvgIpc) is 2.76. The van der Waals surface area contributed by atoms with Crippen molar-refractivity contribution >= 4 is 18.3 Å². The minimum absolute atomic E-state index is 0. The molecule has 1 spiro atoms. The van der Waals surface area contributed by atoms with Gasteiger partial charge in [0.1, 0.15) is 0 Å². The van der Waals surface area contributed by atoms with Crippen LogP contribution in [0, 0.1) is 11.3 Å². The predicted octanol–water partition coefficient (Wildman–Crippen LogP) is 0.919. The standard InChI is InChI=1S/C14H26N2O3.ClH/c1-18-8-3-13(17)16-9-12(10-19-2)14(11-16)4-6-15-7-5-14;/h12,15H,3-11H2,1-2H3;1H. The molecule has 0 aliphatic carbocycles. The van der Waals surface area contributed by atoms with Crippen molar-refractivity contribution in [3.05, 3.63) is 0 Å². The van der Waals surface area contributed by atoms with Crippen LogP contribution in [0.3, 0.4) is 0 Å². The van der Waals surface area contributed by atoms with Gasteiger partial charge in [0.05, 0.1) is 19.6 Å². The van der Waals surface area contributed by atoms with Crippen LogP contribution in [-0.2, 0) is 14.3 Å². The zero-order chi connectivity index (χ0) is 13.7. The van der Waals surface area contributed by atoms with Crippen LogP contribution in [0.5, 0.6) is 0 Å². The molecular weight excluding hydrogens is 280 g/mol. The highest BCUT2D eigenvalue weighted by molar-refractivity contribution is 5.85. The highest BCUT2D eigenvalue weighted by Crippen LogP contribution is 2.43. The van der Waals surface area contributed by atoms with Gasteiger partial charge in [-0.1, -0.05) is 0 Å². The van der Waals surface area contributed by atoms with Gasteiger partial charge in [-0.05, 0) is 31.3 Å². The number of likely N-dealkylation sites (tertiary alicyclic amines) is 1. The van der Waals surface area contributed by atoms with Gasteiger partial charge in [-0.3, -0.25) is 4.79 Å². The van der Waals surface area contributed by atoms with Crippen molar-refractivity contribution in [2.24, 2.45) is 11.3 Å². The first-order valence-corrected chi connectivity index (χ1v) is 7.18. The molecule has 6 heteroatoms. The van der Waals surface area contributed by atoms with Gasteiger partial charge >= 0.3 is 0 Å². The number of carbonyl (C=O) groups is 1. The highest BCUT2D eigenvalue weighted by atomic mass is 35.5. The topological polar surface area (TPSA) is 50.8 Å². The maximum atomic E-state index is 12.2. The second-order valence-corrected chi connectivity index (χ2v) is 5.78. The number of piperidine rings is 1. The normalized spacial score (nSPS) is 24.7. The minimum atomic E-state index is 0. The molecule has 2 rings (SSSR count). The Bertz CT molecular complexity index is 309. The highest BCUT2D eigenvalue weighted by Gasteiger charge is 2.47. The molecule has 0 saturated carbocycles. The summed E-state index contributed by atoms with van der Waals surface area (Å²) in [6, 6.07) is 0. The third-order valence-corrected chi connectivity index (χ3v) is 4.65. The Kier molecular flexibility index (Phi) is 7.23. The molecule has 1 unspecified atom stereocenters. The van der Waals surface area contributed by atoms with Crippen LogP contribution in [-0.4, -0.2) is 64.4 Å².